The van der Waals surface area contributed by atoms with Crippen LogP contribution in [0.5, 0.6) is 0 Å². The molecule has 0 bridgehead atoms. The van der Waals surface area contributed by atoms with Gasteiger partial charge in [-0.05, 0) is 47.4 Å². The molecule has 0 aliphatic carbocycles. The number of aliphatic carboxylic acids is 1. The largest absolute Gasteiger partial charge is 0.545 e. The molecule has 2 heterocycles. The molecule has 2 aromatic carbocycles. The Kier molecular flexibility index (Phi) is 3.66. The minimum absolute atomic E-state index is 0.0691. The summed E-state index contributed by atoms with van der Waals surface area (Å²) in [7, 11) is 0. The first kappa shape index (κ1) is 15.6. The van der Waals surface area contributed by atoms with Gasteiger partial charge in [-0.25, -0.2) is 9.97 Å². The molecule has 4 rings (SSSR count). The molecule has 124 valence electrons. The van der Waals surface area contributed by atoms with E-state index in [2.05, 4.69) is 21.4 Å². The standard InChI is InChI=1S/C19H14ClN3O2/c1-11(19(24)25)13-3-5-15-16(8-13)21-10-22-18(15)23-7-6-12-2-4-14(20)9-17(12)23/h2-5,8-10H,1,6-7H2,(H,24,25)/p-1. The van der Waals surface area contributed by atoms with Crippen molar-refractivity contribution in [3.05, 3.63) is 65.5 Å². The van der Waals surface area contributed by atoms with Crippen LogP contribution in [0.3, 0.4) is 0 Å². The van der Waals surface area contributed by atoms with Gasteiger partial charge in [0.15, 0.2) is 0 Å². The summed E-state index contributed by atoms with van der Waals surface area (Å²) in [4.78, 5) is 21.8. The quantitative estimate of drug-likeness (QED) is 0.679. The second-order valence-corrected chi connectivity index (χ2v) is 6.31. The van der Waals surface area contributed by atoms with Crippen LogP contribution in [0.2, 0.25) is 5.02 Å². The molecule has 5 nitrogen and oxygen atoms in total. The number of carbonyl (C=O) groups is 1. The van der Waals surface area contributed by atoms with Crippen molar-refractivity contribution in [2.75, 3.05) is 11.4 Å². The number of hydrogen-bond acceptors (Lipinski definition) is 5. The second kappa shape index (κ2) is 5.86. The van der Waals surface area contributed by atoms with Gasteiger partial charge in [-0.1, -0.05) is 30.3 Å². The Bertz CT molecular complexity index is 1030. The minimum Gasteiger partial charge on any atom is -0.545 e. The van der Waals surface area contributed by atoms with Crippen LogP contribution >= 0.6 is 11.6 Å². The van der Waals surface area contributed by atoms with E-state index < -0.39 is 5.97 Å². The molecule has 0 fully saturated rings. The average molecular weight is 351 g/mol. The van der Waals surface area contributed by atoms with E-state index in [1.54, 1.807) is 12.1 Å². The van der Waals surface area contributed by atoms with Crippen molar-refractivity contribution in [3.8, 4) is 0 Å². The van der Waals surface area contributed by atoms with Crippen molar-refractivity contribution in [1.82, 2.24) is 9.97 Å². The van der Waals surface area contributed by atoms with Gasteiger partial charge in [0, 0.05) is 22.6 Å². The fourth-order valence-corrected chi connectivity index (χ4v) is 3.30. The zero-order valence-electron chi connectivity index (χ0n) is 13.2. The molecular weight excluding hydrogens is 338 g/mol. The highest BCUT2D eigenvalue weighted by Gasteiger charge is 2.23. The maximum Gasteiger partial charge on any atom is 0.144 e. The predicted molar refractivity (Wildman–Crippen MR) is 95.7 cm³/mol. The number of fused-ring (bicyclic) bond motifs is 2. The summed E-state index contributed by atoms with van der Waals surface area (Å²) in [6, 6.07) is 11.1. The van der Waals surface area contributed by atoms with Gasteiger partial charge in [0.05, 0.1) is 11.5 Å². The normalized spacial score (nSPS) is 13.1. The Labute approximate surface area is 149 Å². The Morgan fingerprint density at radius 1 is 1.20 bits per heavy atom. The van der Waals surface area contributed by atoms with Crippen LogP contribution < -0.4 is 10.0 Å². The summed E-state index contributed by atoms with van der Waals surface area (Å²) in [6.07, 6.45) is 2.39. The molecule has 0 amide bonds. The Hall–Kier alpha value is -2.92. The van der Waals surface area contributed by atoms with Crippen LogP contribution in [0.15, 0.2) is 49.3 Å². The van der Waals surface area contributed by atoms with Crippen molar-refractivity contribution >= 4 is 45.6 Å². The van der Waals surface area contributed by atoms with Crippen LogP contribution in [0.4, 0.5) is 11.5 Å². The first-order valence-electron chi connectivity index (χ1n) is 7.76. The summed E-state index contributed by atoms with van der Waals surface area (Å²) in [6.45, 7) is 4.34. The number of anilines is 2. The minimum atomic E-state index is -1.29. The molecule has 1 aliphatic rings. The Balaban J connectivity index is 1.84. The number of aromatic nitrogens is 2. The molecule has 1 aliphatic heterocycles. The molecule has 0 N–H and O–H groups in total. The van der Waals surface area contributed by atoms with E-state index in [4.69, 9.17) is 11.6 Å². The Morgan fingerprint density at radius 3 is 2.84 bits per heavy atom. The third-order valence-corrected chi connectivity index (χ3v) is 4.64. The third kappa shape index (κ3) is 2.62. The number of rotatable bonds is 3. The van der Waals surface area contributed by atoms with Gasteiger partial charge in [-0.2, -0.15) is 0 Å². The van der Waals surface area contributed by atoms with E-state index in [1.807, 2.05) is 24.3 Å². The monoisotopic (exact) mass is 350 g/mol. The van der Waals surface area contributed by atoms with Crippen molar-refractivity contribution in [3.63, 3.8) is 0 Å². The molecule has 6 heteroatoms. The molecule has 0 spiro atoms. The summed E-state index contributed by atoms with van der Waals surface area (Å²) in [5.74, 6) is -0.520. The number of carboxylic acid groups (broad SMARTS) is 1. The maximum absolute atomic E-state index is 11.0. The molecule has 3 aromatic rings. The zero-order valence-corrected chi connectivity index (χ0v) is 14.0. The van der Waals surface area contributed by atoms with E-state index in [1.165, 1.54) is 11.9 Å². The summed E-state index contributed by atoms with van der Waals surface area (Å²) in [5.41, 5.74) is 3.32. The van der Waals surface area contributed by atoms with Gasteiger partial charge >= 0.3 is 0 Å². The molecule has 0 saturated heterocycles. The highest BCUT2D eigenvalue weighted by molar-refractivity contribution is 6.31. The topological polar surface area (TPSA) is 69.2 Å². The lowest BCUT2D eigenvalue weighted by Gasteiger charge is -2.20. The first-order valence-corrected chi connectivity index (χ1v) is 8.14. The van der Waals surface area contributed by atoms with Crippen LogP contribution in [0.1, 0.15) is 11.1 Å². The molecular formula is C19H13ClN3O2-. The fraction of sp³-hybridized carbons (Fsp3) is 0.105. The van der Waals surface area contributed by atoms with Crippen molar-refractivity contribution < 1.29 is 9.90 Å². The maximum atomic E-state index is 11.0. The molecule has 0 unspecified atom stereocenters. The lowest BCUT2D eigenvalue weighted by atomic mass is 10.1. The summed E-state index contributed by atoms with van der Waals surface area (Å²) in [5, 5.41) is 12.5. The van der Waals surface area contributed by atoms with Gasteiger partial charge in [0.2, 0.25) is 0 Å². The molecule has 0 radical (unpaired) electrons. The summed E-state index contributed by atoms with van der Waals surface area (Å²) >= 11 is 6.15. The van der Waals surface area contributed by atoms with E-state index in [-0.39, 0.29) is 5.57 Å². The predicted octanol–water partition coefficient (Wildman–Crippen LogP) is 2.74. The number of carboxylic acids is 1. The fourth-order valence-electron chi connectivity index (χ4n) is 3.14. The van der Waals surface area contributed by atoms with Crippen LogP contribution in [0.25, 0.3) is 16.5 Å². The SMILES string of the molecule is C=C(C(=O)[O-])c1ccc2c(N3CCc4ccc(Cl)cc43)ncnc2c1. The molecule has 1 aromatic heterocycles. The lowest BCUT2D eigenvalue weighted by Crippen LogP contribution is -2.23. The number of benzene rings is 2. The number of nitrogens with zero attached hydrogens (tertiary/aromatic N) is 3. The Morgan fingerprint density at radius 2 is 2.04 bits per heavy atom. The van der Waals surface area contributed by atoms with Gasteiger partial charge in [0.1, 0.15) is 12.1 Å². The third-order valence-electron chi connectivity index (χ3n) is 4.41. The van der Waals surface area contributed by atoms with Gasteiger partial charge < -0.3 is 14.8 Å². The number of halogens is 1. The zero-order chi connectivity index (χ0) is 17.6. The summed E-state index contributed by atoms with van der Waals surface area (Å²) < 4.78 is 0. The highest BCUT2D eigenvalue weighted by atomic mass is 35.5. The smallest absolute Gasteiger partial charge is 0.144 e. The number of carbonyl (C=O) groups excluding carboxylic acids is 1. The van der Waals surface area contributed by atoms with E-state index in [9.17, 15) is 9.90 Å². The van der Waals surface area contributed by atoms with Crippen molar-refractivity contribution in [1.29, 1.82) is 0 Å². The first-order chi connectivity index (χ1) is 12.0. The van der Waals surface area contributed by atoms with E-state index in [0.29, 0.717) is 16.1 Å². The van der Waals surface area contributed by atoms with Gasteiger partial charge in [-0.15, -0.1) is 0 Å². The molecule has 0 atom stereocenters. The number of hydrogen-bond donors (Lipinski definition) is 0. The van der Waals surface area contributed by atoms with Crippen LogP contribution in [-0.2, 0) is 11.2 Å². The van der Waals surface area contributed by atoms with Gasteiger partial charge in [-0.3, -0.25) is 0 Å². The molecule has 0 saturated carbocycles. The lowest BCUT2D eigenvalue weighted by molar-refractivity contribution is -0.295. The average Bonchev–Trinajstić information content (AvgIpc) is 3.02. The van der Waals surface area contributed by atoms with Gasteiger partial charge in [0.25, 0.3) is 0 Å². The van der Waals surface area contributed by atoms with Crippen molar-refractivity contribution in [2.45, 2.75) is 6.42 Å². The van der Waals surface area contributed by atoms with E-state index in [0.717, 1.165) is 29.9 Å². The molecule has 25 heavy (non-hydrogen) atoms. The van der Waals surface area contributed by atoms with Crippen molar-refractivity contribution in [2.24, 2.45) is 0 Å². The van der Waals surface area contributed by atoms with Crippen LogP contribution in [0, 0.1) is 0 Å². The second-order valence-electron chi connectivity index (χ2n) is 5.87. The highest BCUT2D eigenvalue weighted by Crippen LogP contribution is 2.38. The van der Waals surface area contributed by atoms with Crippen LogP contribution in [-0.4, -0.2) is 22.5 Å². The van der Waals surface area contributed by atoms with E-state index >= 15 is 0 Å².